The molecule has 1 aliphatic heterocycles. The number of halogens is 1. The van der Waals surface area contributed by atoms with Gasteiger partial charge in [0, 0.05) is 29.7 Å². The molecule has 0 saturated carbocycles. The average molecular weight is 251 g/mol. The molecule has 0 spiro atoms. The third-order valence-corrected chi connectivity index (χ3v) is 3.42. The predicted molar refractivity (Wildman–Crippen MR) is 67.3 cm³/mol. The van der Waals surface area contributed by atoms with E-state index in [1.807, 2.05) is 18.3 Å². The van der Waals surface area contributed by atoms with Crippen LogP contribution >= 0.6 is 11.6 Å². The fourth-order valence-electron chi connectivity index (χ4n) is 2.31. The number of nitrogens with zero attached hydrogens (tertiary/aromatic N) is 3. The van der Waals surface area contributed by atoms with Gasteiger partial charge in [0.25, 0.3) is 0 Å². The van der Waals surface area contributed by atoms with E-state index in [1.54, 1.807) is 4.52 Å². The highest BCUT2D eigenvalue weighted by molar-refractivity contribution is 6.30. The minimum Gasteiger partial charge on any atom is -0.314 e. The van der Waals surface area contributed by atoms with Crippen LogP contribution in [-0.4, -0.2) is 27.2 Å². The Morgan fingerprint density at radius 1 is 1.47 bits per heavy atom. The fraction of sp³-hybridized carbons (Fsp3) is 0.500. The van der Waals surface area contributed by atoms with Gasteiger partial charge in [-0.1, -0.05) is 18.0 Å². The number of fused-ring (bicyclic) bond motifs is 1. The molecular weight excluding hydrogens is 236 g/mol. The van der Waals surface area contributed by atoms with Crippen LogP contribution in [0, 0.1) is 0 Å². The second kappa shape index (κ2) is 4.63. The highest BCUT2D eigenvalue weighted by Crippen LogP contribution is 2.13. The fourth-order valence-corrected chi connectivity index (χ4v) is 2.46. The van der Waals surface area contributed by atoms with Gasteiger partial charge in [0.05, 0.1) is 0 Å². The van der Waals surface area contributed by atoms with E-state index in [4.69, 9.17) is 11.6 Å². The van der Waals surface area contributed by atoms with E-state index in [2.05, 4.69) is 15.4 Å². The summed E-state index contributed by atoms with van der Waals surface area (Å²) in [6.45, 7) is 1.11. The smallest absolute Gasteiger partial charge is 0.157 e. The molecule has 1 aliphatic rings. The number of piperidine rings is 1. The molecule has 1 saturated heterocycles. The quantitative estimate of drug-likeness (QED) is 0.887. The molecule has 1 unspecified atom stereocenters. The minimum absolute atomic E-state index is 0.525. The van der Waals surface area contributed by atoms with E-state index in [0.717, 1.165) is 24.4 Å². The molecule has 1 N–H and O–H groups in total. The lowest BCUT2D eigenvalue weighted by Crippen LogP contribution is -2.35. The molecular formula is C12H15ClN4. The molecule has 2 aromatic rings. The molecule has 3 heterocycles. The van der Waals surface area contributed by atoms with Crippen molar-refractivity contribution in [3.8, 4) is 0 Å². The van der Waals surface area contributed by atoms with Gasteiger partial charge in [-0.25, -0.2) is 9.50 Å². The molecule has 90 valence electrons. The van der Waals surface area contributed by atoms with Crippen molar-refractivity contribution in [3.05, 3.63) is 29.2 Å². The van der Waals surface area contributed by atoms with Crippen LogP contribution in [0.25, 0.3) is 5.65 Å². The lowest BCUT2D eigenvalue weighted by Gasteiger charge is -2.21. The Hall–Kier alpha value is -1.13. The summed E-state index contributed by atoms with van der Waals surface area (Å²) in [5.74, 6) is 0.895. The average Bonchev–Trinajstić information content (AvgIpc) is 2.71. The summed E-state index contributed by atoms with van der Waals surface area (Å²) in [7, 11) is 0. The molecule has 0 radical (unpaired) electrons. The standard InChI is InChI=1S/C12H15ClN4/c13-9-4-6-17-12(7-9)15-11(16-17)8-10-3-1-2-5-14-10/h4,6-7,10,14H,1-3,5,8H2. The molecule has 1 atom stereocenters. The van der Waals surface area contributed by atoms with Gasteiger partial charge in [-0.15, -0.1) is 0 Å². The van der Waals surface area contributed by atoms with E-state index in [-0.39, 0.29) is 0 Å². The SMILES string of the molecule is Clc1ccn2nc(CC3CCCCN3)nc2c1. The number of pyridine rings is 1. The van der Waals surface area contributed by atoms with Gasteiger partial charge in [-0.05, 0) is 25.5 Å². The third kappa shape index (κ3) is 2.42. The Labute approximate surface area is 105 Å². The molecule has 0 aliphatic carbocycles. The predicted octanol–water partition coefficient (Wildman–Crippen LogP) is 2.07. The summed E-state index contributed by atoms with van der Waals surface area (Å²) < 4.78 is 1.78. The minimum atomic E-state index is 0.525. The van der Waals surface area contributed by atoms with Crippen molar-refractivity contribution < 1.29 is 0 Å². The van der Waals surface area contributed by atoms with Crippen LogP contribution in [0.15, 0.2) is 18.3 Å². The van der Waals surface area contributed by atoms with Gasteiger partial charge in [0.1, 0.15) is 0 Å². The van der Waals surface area contributed by atoms with E-state index >= 15 is 0 Å². The highest BCUT2D eigenvalue weighted by Gasteiger charge is 2.15. The zero-order valence-corrected chi connectivity index (χ0v) is 10.3. The van der Waals surface area contributed by atoms with Gasteiger partial charge in [-0.2, -0.15) is 5.10 Å². The maximum Gasteiger partial charge on any atom is 0.157 e. The van der Waals surface area contributed by atoms with Crippen LogP contribution in [-0.2, 0) is 6.42 Å². The summed E-state index contributed by atoms with van der Waals surface area (Å²) in [4.78, 5) is 4.50. The summed E-state index contributed by atoms with van der Waals surface area (Å²) in [5, 5.41) is 8.66. The summed E-state index contributed by atoms with van der Waals surface area (Å²) in [5.41, 5.74) is 0.823. The second-order valence-electron chi connectivity index (χ2n) is 4.53. The number of hydrogen-bond donors (Lipinski definition) is 1. The molecule has 0 amide bonds. The lowest BCUT2D eigenvalue weighted by molar-refractivity contribution is 0.394. The number of rotatable bonds is 2. The molecule has 0 bridgehead atoms. The van der Waals surface area contributed by atoms with Crippen molar-refractivity contribution in [3.63, 3.8) is 0 Å². The Bertz CT molecular complexity index is 516. The Morgan fingerprint density at radius 2 is 2.41 bits per heavy atom. The Kier molecular flexibility index (Phi) is 2.99. The van der Waals surface area contributed by atoms with Crippen molar-refractivity contribution in [2.24, 2.45) is 0 Å². The van der Waals surface area contributed by atoms with Gasteiger partial charge in [-0.3, -0.25) is 0 Å². The van der Waals surface area contributed by atoms with E-state index < -0.39 is 0 Å². The van der Waals surface area contributed by atoms with E-state index in [0.29, 0.717) is 11.1 Å². The normalized spacial score (nSPS) is 20.9. The van der Waals surface area contributed by atoms with Gasteiger partial charge >= 0.3 is 0 Å². The highest BCUT2D eigenvalue weighted by atomic mass is 35.5. The summed E-state index contributed by atoms with van der Waals surface area (Å²) in [6, 6.07) is 4.19. The molecule has 17 heavy (non-hydrogen) atoms. The van der Waals surface area contributed by atoms with Crippen LogP contribution in [0.5, 0.6) is 0 Å². The first-order valence-electron chi connectivity index (χ1n) is 6.05. The number of aromatic nitrogens is 3. The molecule has 4 nitrogen and oxygen atoms in total. The molecule has 1 fully saturated rings. The largest absolute Gasteiger partial charge is 0.314 e. The van der Waals surface area contributed by atoms with Crippen molar-refractivity contribution in [1.29, 1.82) is 0 Å². The molecule has 5 heteroatoms. The Balaban J connectivity index is 1.80. The van der Waals surface area contributed by atoms with Crippen molar-refractivity contribution in [1.82, 2.24) is 19.9 Å². The van der Waals surface area contributed by atoms with Crippen LogP contribution in [0.4, 0.5) is 0 Å². The maximum absolute atomic E-state index is 5.93. The zero-order chi connectivity index (χ0) is 11.7. The summed E-state index contributed by atoms with van der Waals surface area (Å²) in [6.07, 6.45) is 6.56. The van der Waals surface area contributed by atoms with Crippen molar-refractivity contribution >= 4 is 17.2 Å². The lowest BCUT2D eigenvalue weighted by atomic mass is 10.0. The first-order valence-corrected chi connectivity index (χ1v) is 6.43. The second-order valence-corrected chi connectivity index (χ2v) is 4.96. The van der Waals surface area contributed by atoms with Crippen LogP contribution in [0.2, 0.25) is 5.02 Å². The zero-order valence-electron chi connectivity index (χ0n) is 9.56. The van der Waals surface area contributed by atoms with Crippen molar-refractivity contribution in [2.75, 3.05) is 6.54 Å². The van der Waals surface area contributed by atoms with Gasteiger partial charge in [0.15, 0.2) is 11.5 Å². The van der Waals surface area contributed by atoms with Gasteiger partial charge < -0.3 is 5.32 Å². The molecule has 2 aromatic heterocycles. The van der Waals surface area contributed by atoms with Crippen LogP contribution < -0.4 is 5.32 Å². The van der Waals surface area contributed by atoms with Crippen LogP contribution in [0.3, 0.4) is 0 Å². The monoisotopic (exact) mass is 250 g/mol. The van der Waals surface area contributed by atoms with Crippen molar-refractivity contribution in [2.45, 2.75) is 31.7 Å². The van der Waals surface area contributed by atoms with E-state index in [9.17, 15) is 0 Å². The Morgan fingerprint density at radius 3 is 3.24 bits per heavy atom. The van der Waals surface area contributed by atoms with Gasteiger partial charge in [0.2, 0.25) is 0 Å². The topological polar surface area (TPSA) is 42.2 Å². The number of nitrogens with one attached hydrogen (secondary N) is 1. The summed E-state index contributed by atoms with van der Waals surface area (Å²) >= 11 is 5.93. The van der Waals surface area contributed by atoms with Crippen LogP contribution in [0.1, 0.15) is 25.1 Å². The number of hydrogen-bond acceptors (Lipinski definition) is 3. The maximum atomic E-state index is 5.93. The first kappa shape index (κ1) is 11.0. The molecule has 0 aromatic carbocycles. The van der Waals surface area contributed by atoms with E-state index in [1.165, 1.54) is 19.3 Å². The molecule has 3 rings (SSSR count). The first-order chi connectivity index (χ1) is 8.31. The third-order valence-electron chi connectivity index (χ3n) is 3.18.